The molecule has 0 aromatic carbocycles. The van der Waals surface area contributed by atoms with Crippen LogP contribution in [0.25, 0.3) is 0 Å². The van der Waals surface area contributed by atoms with E-state index in [1.165, 1.54) is 31.3 Å². The molecule has 0 saturated heterocycles. The average molecular weight is 417 g/mol. The lowest BCUT2D eigenvalue weighted by Crippen LogP contribution is -2.55. The molecule has 0 spiro atoms. The van der Waals surface area contributed by atoms with Crippen LogP contribution in [0, 0.1) is 40.4 Å². The Morgan fingerprint density at radius 2 is 1.73 bits per heavy atom. The zero-order chi connectivity index (χ0) is 21.8. The van der Waals surface area contributed by atoms with Gasteiger partial charge in [0.2, 0.25) is 0 Å². The molecule has 3 N–H and O–H groups in total. The van der Waals surface area contributed by atoms with E-state index in [1.807, 2.05) is 0 Å². The van der Waals surface area contributed by atoms with Crippen LogP contribution < -0.4 is 0 Å². The molecule has 3 nitrogen and oxygen atoms in total. The number of aliphatic hydroxyl groups excluding tert-OH is 3. The van der Waals surface area contributed by atoms with Crippen LogP contribution in [-0.4, -0.2) is 33.6 Å². The average Bonchev–Trinajstić information content (AvgIpc) is 3.06. The molecule has 4 unspecified atom stereocenters. The Bertz CT molecular complexity index is 707. The fraction of sp³-hybridized carbons (Fsp3) is 0.852. The fourth-order valence-corrected chi connectivity index (χ4v) is 8.31. The van der Waals surface area contributed by atoms with Crippen LogP contribution in [0.2, 0.25) is 0 Å². The number of aliphatic hydroxyl groups is 3. The minimum atomic E-state index is -0.573. The second kappa shape index (κ2) is 8.05. The van der Waals surface area contributed by atoms with Crippen molar-refractivity contribution in [2.75, 3.05) is 0 Å². The Kier molecular flexibility index (Phi) is 6.05. The van der Waals surface area contributed by atoms with Gasteiger partial charge in [-0.1, -0.05) is 44.1 Å². The van der Waals surface area contributed by atoms with Crippen LogP contribution in [0.3, 0.4) is 0 Å². The molecule has 0 heterocycles. The second-order valence-corrected chi connectivity index (χ2v) is 11.9. The summed E-state index contributed by atoms with van der Waals surface area (Å²) in [5.74, 6) is 2.28. The van der Waals surface area contributed by atoms with E-state index in [9.17, 15) is 15.3 Å². The van der Waals surface area contributed by atoms with Gasteiger partial charge in [-0.15, -0.1) is 0 Å². The topological polar surface area (TPSA) is 60.7 Å². The fourth-order valence-electron chi connectivity index (χ4n) is 8.31. The molecule has 0 aliphatic heterocycles. The van der Waals surface area contributed by atoms with Crippen molar-refractivity contribution < 1.29 is 15.3 Å². The summed E-state index contributed by atoms with van der Waals surface area (Å²) in [5, 5.41) is 31.9. The monoisotopic (exact) mass is 416 g/mol. The Morgan fingerprint density at radius 3 is 2.43 bits per heavy atom. The van der Waals surface area contributed by atoms with Crippen LogP contribution in [0.4, 0.5) is 0 Å². The lowest BCUT2D eigenvalue weighted by Gasteiger charge is -2.58. The molecular weight excluding hydrogens is 372 g/mol. The third kappa shape index (κ3) is 3.44. The summed E-state index contributed by atoms with van der Waals surface area (Å²) in [7, 11) is 0. The highest BCUT2D eigenvalue weighted by molar-refractivity contribution is 5.28. The predicted octanol–water partition coefficient (Wildman–Crippen LogP) is 5.25. The molecule has 3 fully saturated rings. The van der Waals surface area contributed by atoms with Gasteiger partial charge in [0.1, 0.15) is 0 Å². The molecule has 0 aromatic heterocycles. The Labute approximate surface area is 183 Å². The molecular formula is C27H44O3. The zero-order valence-electron chi connectivity index (χ0n) is 19.8. The van der Waals surface area contributed by atoms with Crippen LogP contribution in [0.15, 0.2) is 23.3 Å². The van der Waals surface area contributed by atoms with Crippen LogP contribution >= 0.6 is 0 Å². The van der Waals surface area contributed by atoms with Gasteiger partial charge in [-0.3, -0.25) is 0 Å². The maximum atomic E-state index is 10.9. The van der Waals surface area contributed by atoms with Crippen molar-refractivity contribution in [3.8, 4) is 0 Å². The van der Waals surface area contributed by atoms with Gasteiger partial charge >= 0.3 is 0 Å². The van der Waals surface area contributed by atoms with Crippen LogP contribution in [-0.2, 0) is 0 Å². The molecule has 3 heteroatoms. The molecule has 4 aliphatic carbocycles. The molecule has 0 aromatic rings. The number of allylic oxidation sites excluding steroid dienone is 3. The summed E-state index contributed by atoms with van der Waals surface area (Å²) in [5.41, 5.74) is 3.35. The van der Waals surface area contributed by atoms with Gasteiger partial charge in [0, 0.05) is 0 Å². The highest BCUT2D eigenvalue weighted by Gasteiger charge is 2.59. The van der Waals surface area contributed by atoms with Gasteiger partial charge in [-0.05, 0) is 106 Å². The first-order valence-corrected chi connectivity index (χ1v) is 12.5. The zero-order valence-corrected chi connectivity index (χ0v) is 19.8. The Balaban J connectivity index is 1.56. The van der Waals surface area contributed by atoms with E-state index in [0.717, 1.165) is 25.7 Å². The predicted molar refractivity (Wildman–Crippen MR) is 122 cm³/mol. The molecule has 30 heavy (non-hydrogen) atoms. The van der Waals surface area contributed by atoms with Crippen molar-refractivity contribution in [3.05, 3.63) is 23.3 Å². The van der Waals surface area contributed by atoms with Gasteiger partial charge < -0.3 is 15.3 Å². The Morgan fingerprint density at radius 1 is 1.07 bits per heavy atom. The quantitative estimate of drug-likeness (QED) is 0.549. The molecule has 4 rings (SSSR count). The minimum Gasteiger partial charge on any atom is -0.393 e. The van der Waals surface area contributed by atoms with Crippen molar-refractivity contribution in [2.24, 2.45) is 40.4 Å². The molecule has 0 bridgehead atoms. The molecule has 170 valence electrons. The van der Waals surface area contributed by atoms with E-state index < -0.39 is 12.2 Å². The van der Waals surface area contributed by atoms with E-state index >= 15 is 0 Å². The van der Waals surface area contributed by atoms with Gasteiger partial charge in [-0.2, -0.15) is 0 Å². The summed E-state index contributed by atoms with van der Waals surface area (Å²) in [6, 6.07) is 0. The van der Waals surface area contributed by atoms with Gasteiger partial charge in [0.15, 0.2) is 0 Å². The first-order valence-electron chi connectivity index (χ1n) is 12.5. The Hall–Kier alpha value is -0.640. The lowest BCUT2D eigenvalue weighted by atomic mass is 9.47. The van der Waals surface area contributed by atoms with E-state index in [1.54, 1.807) is 5.57 Å². The van der Waals surface area contributed by atoms with Gasteiger partial charge in [-0.25, -0.2) is 0 Å². The van der Waals surface area contributed by atoms with Crippen molar-refractivity contribution in [3.63, 3.8) is 0 Å². The highest BCUT2D eigenvalue weighted by Crippen LogP contribution is 2.66. The molecule has 4 aliphatic rings. The number of fused-ring (bicyclic) bond motifs is 5. The van der Waals surface area contributed by atoms with Crippen molar-refractivity contribution in [1.82, 2.24) is 0 Å². The number of hydrogen-bond donors (Lipinski definition) is 3. The van der Waals surface area contributed by atoms with Gasteiger partial charge in [0.05, 0.1) is 18.3 Å². The summed E-state index contributed by atoms with van der Waals surface area (Å²) in [6.07, 6.45) is 11.6. The van der Waals surface area contributed by atoms with Crippen molar-refractivity contribution in [2.45, 2.75) is 104 Å². The number of rotatable bonds is 4. The summed E-state index contributed by atoms with van der Waals surface area (Å²) >= 11 is 0. The largest absolute Gasteiger partial charge is 0.393 e. The van der Waals surface area contributed by atoms with E-state index in [2.05, 4.69) is 46.8 Å². The first kappa shape index (κ1) is 22.6. The number of hydrogen-bond acceptors (Lipinski definition) is 3. The minimum absolute atomic E-state index is 0.122. The summed E-state index contributed by atoms with van der Waals surface area (Å²) < 4.78 is 0. The molecule has 0 radical (unpaired) electrons. The van der Waals surface area contributed by atoms with E-state index in [-0.39, 0.29) is 22.9 Å². The van der Waals surface area contributed by atoms with Crippen LogP contribution in [0.1, 0.15) is 86.0 Å². The van der Waals surface area contributed by atoms with Gasteiger partial charge in [0.25, 0.3) is 0 Å². The second-order valence-electron chi connectivity index (χ2n) is 11.9. The van der Waals surface area contributed by atoms with Crippen LogP contribution in [0.5, 0.6) is 0 Å². The van der Waals surface area contributed by atoms with Crippen molar-refractivity contribution in [1.29, 1.82) is 0 Å². The highest BCUT2D eigenvalue weighted by atomic mass is 16.3. The SMILES string of the molecule is CC(C)=CCC(O)[C@@H](C)[C@H]1CC[C@H]2C3=CCC4C(O)C(O)CC[C@]4(C)[C@H]3CC[C@]12C. The maximum absolute atomic E-state index is 10.9. The third-order valence-electron chi connectivity index (χ3n) is 10.2. The normalized spacial score (nSPS) is 47.4. The standard InChI is InChI=1S/C27H44O3/c1-16(2)6-11-23(28)17(3)19-9-10-20-18-7-8-22-25(30)24(29)13-15-27(22,5)21(18)12-14-26(19,20)4/h6-7,17,19-25,28-30H,8-15H2,1-5H3/t17-,19+,20-,21-,22?,23?,24?,25?,26+,27+/m0/s1. The molecule has 10 atom stereocenters. The smallest absolute Gasteiger partial charge is 0.0835 e. The third-order valence-corrected chi connectivity index (χ3v) is 10.2. The van der Waals surface area contributed by atoms with Crippen molar-refractivity contribution >= 4 is 0 Å². The molecule has 3 saturated carbocycles. The van der Waals surface area contributed by atoms with E-state index in [0.29, 0.717) is 23.7 Å². The molecule has 0 amide bonds. The summed E-state index contributed by atoms with van der Waals surface area (Å²) in [4.78, 5) is 0. The van der Waals surface area contributed by atoms with E-state index in [4.69, 9.17) is 0 Å². The summed E-state index contributed by atoms with van der Waals surface area (Å²) in [6.45, 7) is 11.4. The maximum Gasteiger partial charge on any atom is 0.0835 e. The first-order chi connectivity index (χ1) is 14.1. The lowest BCUT2D eigenvalue weighted by molar-refractivity contribution is -0.125.